The van der Waals surface area contributed by atoms with Crippen molar-refractivity contribution in [3.8, 4) is 5.75 Å². The third kappa shape index (κ3) is 6.79. The van der Waals surface area contributed by atoms with Gasteiger partial charge in [0, 0.05) is 25.7 Å². The van der Waals surface area contributed by atoms with E-state index in [1.807, 2.05) is 29.2 Å². The lowest BCUT2D eigenvalue weighted by Gasteiger charge is -2.37. The molecule has 0 saturated carbocycles. The third-order valence-electron chi connectivity index (χ3n) is 6.89. The van der Waals surface area contributed by atoms with Gasteiger partial charge in [0.15, 0.2) is 0 Å². The Morgan fingerprint density at radius 1 is 0.970 bits per heavy atom. The van der Waals surface area contributed by atoms with Crippen molar-refractivity contribution in [2.24, 2.45) is 0 Å². The minimum atomic E-state index is -0.0157. The van der Waals surface area contributed by atoms with Crippen LogP contribution in [0.25, 0.3) is 0 Å². The van der Waals surface area contributed by atoms with Crippen LogP contribution < -0.4 is 4.74 Å². The molecule has 1 atom stereocenters. The second kappa shape index (κ2) is 11.6. The van der Waals surface area contributed by atoms with E-state index in [1.165, 1.54) is 5.56 Å². The molecule has 0 spiro atoms. The minimum Gasteiger partial charge on any atom is -0.497 e. The maximum Gasteiger partial charge on any atom is 0.236 e. The summed E-state index contributed by atoms with van der Waals surface area (Å²) in [6.07, 6.45) is 3.06. The zero-order valence-corrected chi connectivity index (χ0v) is 20.0. The summed E-state index contributed by atoms with van der Waals surface area (Å²) in [7, 11) is 3.86. The standard InChI is InChI=1S/C27H37N3O3/c1-28-14-12-24(13-15-28)30-19-26(33-21-23-9-6-10-25(17-23)32-2)18-29(27(31)20-30)16-11-22-7-4-3-5-8-22/h3-10,17,24,26H,11-16,18-21H2,1-2H3/t26-/m1/s1. The van der Waals surface area contributed by atoms with Crippen LogP contribution in [0.4, 0.5) is 0 Å². The molecule has 0 unspecified atom stereocenters. The highest BCUT2D eigenvalue weighted by molar-refractivity contribution is 5.78. The van der Waals surface area contributed by atoms with E-state index in [4.69, 9.17) is 9.47 Å². The zero-order valence-electron chi connectivity index (χ0n) is 20.0. The first-order valence-electron chi connectivity index (χ1n) is 12.1. The number of piperidine rings is 1. The molecule has 178 valence electrons. The minimum absolute atomic E-state index is 0.0157. The number of ether oxygens (including phenoxy) is 2. The summed E-state index contributed by atoms with van der Waals surface area (Å²) < 4.78 is 11.8. The number of carbonyl (C=O) groups is 1. The van der Waals surface area contributed by atoms with Gasteiger partial charge in [0.05, 0.1) is 26.4 Å². The molecule has 2 aromatic rings. The van der Waals surface area contributed by atoms with Gasteiger partial charge in [-0.2, -0.15) is 0 Å². The van der Waals surface area contributed by atoms with E-state index in [9.17, 15) is 4.79 Å². The molecule has 4 rings (SSSR count). The van der Waals surface area contributed by atoms with Gasteiger partial charge < -0.3 is 19.3 Å². The molecule has 2 saturated heterocycles. The summed E-state index contributed by atoms with van der Waals surface area (Å²) in [6, 6.07) is 18.9. The second-order valence-electron chi connectivity index (χ2n) is 9.32. The summed E-state index contributed by atoms with van der Waals surface area (Å²) >= 11 is 0. The highest BCUT2D eigenvalue weighted by Crippen LogP contribution is 2.21. The Bertz CT molecular complexity index is 883. The summed E-state index contributed by atoms with van der Waals surface area (Å²) in [5.74, 6) is 1.06. The van der Waals surface area contributed by atoms with Crippen LogP contribution in [0.2, 0.25) is 0 Å². The number of nitrogens with zero attached hydrogens (tertiary/aromatic N) is 3. The Hall–Kier alpha value is -2.41. The molecule has 0 aromatic heterocycles. The van der Waals surface area contributed by atoms with Crippen molar-refractivity contribution < 1.29 is 14.3 Å². The molecule has 33 heavy (non-hydrogen) atoms. The normalized spacial score (nSPS) is 21.2. The molecule has 0 aliphatic carbocycles. The Morgan fingerprint density at radius 2 is 1.73 bits per heavy atom. The monoisotopic (exact) mass is 451 g/mol. The number of hydrogen-bond acceptors (Lipinski definition) is 5. The predicted octanol–water partition coefficient (Wildman–Crippen LogP) is 3.06. The second-order valence-corrected chi connectivity index (χ2v) is 9.32. The van der Waals surface area contributed by atoms with Crippen LogP contribution in [0.5, 0.6) is 5.75 Å². The highest BCUT2D eigenvalue weighted by Gasteiger charge is 2.33. The maximum absolute atomic E-state index is 13.3. The fraction of sp³-hybridized carbons (Fsp3) is 0.519. The lowest BCUT2D eigenvalue weighted by Crippen LogP contribution is -2.47. The average Bonchev–Trinajstić information content (AvgIpc) is 3.01. The first-order valence-corrected chi connectivity index (χ1v) is 12.1. The molecule has 1 amide bonds. The van der Waals surface area contributed by atoms with Gasteiger partial charge in [-0.3, -0.25) is 9.69 Å². The van der Waals surface area contributed by atoms with Crippen LogP contribution in [-0.2, 0) is 22.6 Å². The van der Waals surface area contributed by atoms with Gasteiger partial charge in [-0.1, -0.05) is 42.5 Å². The van der Waals surface area contributed by atoms with Crippen molar-refractivity contribution in [1.29, 1.82) is 0 Å². The number of amides is 1. The predicted molar refractivity (Wildman–Crippen MR) is 130 cm³/mol. The lowest BCUT2D eigenvalue weighted by atomic mass is 10.0. The number of hydrogen-bond donors (Lipinski definition) is 0. The van der Waals surface area contributed by atoms with Gasteiger partial charge in [0.2, 0.25) is 5.91 Å². The summed E-state index contributed by atoms with van der Waals surface area (Å²) in [5, 5.41) is 0. The zero-order chi connectivity index (χ0) is 23.0. The number of benzene rings is 2. The number of likely N-dealkylation sites (tertiary alicyclic amines) is 1. The Balaban J connectivity index is 1.44. The fourth-order valence-electron chi connectivity index (χ4n) is 4.85. The molecular formula is C27H37N3O3. The molecule has 2 aliphatic rings. The van der Waals surface area contributed by atoms with Gasteiger partial charge >= 0.3 is 0 Å². The number of methoxy groups -OCH3 is 1. The summed E-state index contributed by atoms with van der Waals surface area (Å²) in [6.45, 7) is 5.34. The Kier molecular flexibility index (Phi) is 8.37. The topological polar surface area (TPSA) is 45.3 Å². The van der Waals surface area contributed by atoms with Gasteiger partial charge in [-0.15, -0.1) is 0 Å². The van der Waals surface area contributed by atoms with E-state index in [1.54, 1.807) is 7.11 Å². The number of rotatable bonds is 8. The van der Waals surface area contributed by atoms with Crippen molar-refractivity contribution in [2.45, 2.75) is 38.0 Å². The Labute approximate surface area is 198 Å². The molecule has 2 aromatic carbocycles. The molecule has 2 aliphatic heterocycles. The van der Waals surface area contributed by atoms with Crippen molar-refractivity contribution in [3.05, 3.63) is 65.7 Å². The van der Waals surface area contributed by atoms with Crippen LogP contribution in [-0.4, -0.2) is 86.2 Å². The van der Waals surface area contributed by atoms with E-state index >= 15 is 0 Å². The van der Waals surface area contributed by atoms with E-state index in [2.05, 4.69) is 47.2 Å². The maximum atomic E-state index is 13.3. The third-order valence-corrected chi connectivity index (χ3v) is 6.89. The quantitative estimate of drug-likeness (QED) is 0.617. The largest absolute Gasteiger partial charge is 0.497 e. The molecule has 2 fully saturated rings. The summed E-state index contributed by atoms with van der Waals surface area (Å²) in [4.78, 5) is 20.0. The fourth-order valence-corrected chi connectivity index (χ4v) is 4.85. The van der Waals surface area contributed by atoms with E-state index in [0.29, 0.717) is 25.7 Å². The van der Waals surface area contributed by atoms with Gasteiger partial charge in [-0.25, -0.2) is 0 Å². The van der Waals surface area contributed by atoms with Crippen molar-refractivity contribution in [1.82, 2.24) is 14.7 Å². The van der Waals surface area contributed by atoms with Crippen LogP contribution in [0.1, 0.15) is 24.0 Å². The van der Waals surface area contributed by atoms with Crippen molar-refractivity contribution in [3.63, 3.8) is 0 Å². The van der Waals surface area contributed by atoms with E-state index in [0.717, 1.165) is 56.8 Å². The molecule has 0 bridgehead atoms. The number of carbonyl (C=O) groups excluding carboxylic acids is 1. The Morgan fingerprint density at radius 3 is 2.48 bits per heavy atom. The van der Waals surface area contributed by atoms with Crippen LogP contribution in [0.3, 0.4) is 0 Å². The first kappa shape index (κ1) is 23.7. The van der Waals surface area contributed by atoms with E-state index in [-0.39, 0.29) is 12.0 Å². The van der Waals surface area contributed by atoms with Crippen LogP contribution in [0.15, 0.2) is 54.6 Å². The molecular weight excluding hydrogens is 414 g/mol. The van der Waals surface area contributed by atoms with Gasteiger partial charge in [-0.05, 0) is 62.7 Å². The highest BCUT2D eigenvalue weighted by atomic mass is 16.5. The van der Waals surface area contributed by atoms with Gasteiger partial charge in [0.1, 0.15) is 5.75 Å². The SMILES string of the molecule is COc1cccc(CO[C@@H]2CN(CCc3ccccc3)C(=O)CN(C3CCN(C)CC3)C2)c1. The smallest absolute Gasteiger partial charge is 0.236 e. The van der Waals surface area contributed by atoms with Crippen LogP contribution in [0, 0.1) is 0 Å². The van der Waals surface area contributed by atoms with Crippen molar-refractivity contribution in [2.75, 3.05) is 53.4 Å². The summed E-state index contributed by atoms with van der Waals surface area (Å²) in [5.41, 5.74) is 2.35. The van der Waals surface area contributed by atoms with Crippen molar-refractivity contribution >= 4 is 5.91 Å². The molecule has 2 heterocycles. The van der Waals surface area contributed by atoms with Crippen LogP contribution >= 0.6 is 0 Å². The molecule has 6 heteroatoms. The molecule has 0 N–H and O–H groups in total. The molecule has 6 nitrogen and oxygen atoms in total. The first-order chi connectivity index (χ1) is 16.1. The van der Waals surface area contributed by atoms with Gasteiger partial charge in [0.25, 0.3) is 0 Å². The average molecular weight is 452 g/mol. The molecule has 0 radical (unpaired) electrons. The van der Waals surface area contributed by atoms with E-state index < -0.39 is 0 Å². The lowest BCUT2D eigenvalue weighted by molar-refractivity contribution is -0.132.